The third kappa shape index (κ3) is 10.4. The molecule has 0 aliphatic carbocycles. The van der Waals surface area contributed by atoms with Gasteiger partial charge in [-0.05, 0) is 18.2 Å². The number of ether oxygens (including phenoxy) is 1. The molecule has 0 bridgehead atoms. The number of carboxylic acid groups (broad SMARTS) is 2. The maximum Gasteiger partial charge on any atom is 0.414 e. The van der Waals surface area contributed by atoms with E-state index in [4.69, 9.17) is 43.0 Å². The zero-order valence-corrected chi connectivity index (χ0v) is 13.8. The van der Waals surface area contributed by atoms with Crippen LogP contribution in [0.5, 0.6) is 0 Å². The van der Waals surface area contributed by atoms with Crippen molar-refractivity contribution in [2.75, 3.05) is 25.5 Å². The SMILES string of the molecule is COC(=O)CNCC(=O)Nc1cc(Cl)cc(Cl)c1.O=C(O)C(=O)O. The first-order valence-electron chi connectivity index (χ1n) is 6.15. The molecule has 24 heavy (non-hydrogen) atoms. The molecular formula is C13H14Cl2N2O7. The molecule has 0 atom stereocenters. The minimum absolute atomic E-state index is 0.0147. The number of benzene rings is 1. The Kier molecular flexibility index (Phi) is 10.1. The van der Waals surface area contributed by atoms with Crippen molar-refractivity contribution in [2.24, 2.45) is 0 Å². The monoisotopic (exact) mass is 380 g/mol. The lowest BCUT2D eigenvalue weighted by Gasteiger charge is -2.07. The molecule has 0 spiro atoms. The van der Waals surface area contributed by atoms with E-state index in [0.717, 1.165) is 0 Å². The molecule has 0 saturated heterocycles. The third-order valence-corrected chi connectivity index (χ3v) is 2.55. The van der Waals surface area contributed by atoms with Gasteiger partial charge >= 0.3 is 17.9 Å². The number of esters is 1. The summed E-state index contributed by atoms with van der Waals surface area (Å²) in [6.07, 6.45) is 0. The molecule has 0 radical (unpaired) electrons. The molecule has 1 amide bonds. The molecule has 0 aromatic heterocycles. The predicted octanol–water partition coefficient (Wildman–Crippen LogP) is 0.850. The van der Waals surface area contributed by atoms with Crippen LogP contribution in [-0.2, 0) is 23.9 Å². The normalized spacial score (nSPS) is 9.29. The first-order chi connectivity index (χ1) is 11.1. The number of methoxy groups -OCH3 is 1. The third-order valence-electron chi connectivity index (χ3n) is 2.11. The van der Waals surface area contributed by atoms with E-state index >= 15 is 0 Å². The molecule has 0 aliphatic rings. The van der Waals surface area contributed by atoms with E-state index in [1.165, 1.54) is 7.11 Å². The lowest BCUT2D eigenvalue weighted by molar-refractivity contribution is -0.159. The van der Waals surface area contributed by atoms with Gasteiger partial charge in [0.2, 0.25) is 5.91 Å². The molecule has 132 valence electrons. The summed E-state index contributed by atoms with van der Waals surface area (Å²) >= 11 is 11.6. The van der Waals surface area contributed by atoms with Crippen molar-refractivity contribution in [2.45, 2.75) is 0 Å². The van der Waals surface area contributed by atoms with Crippen LogP contribution in [0.2, 0.25) is 10.0 Å². The van der Waals surface area contributed by atoms with Crippen LogP contribution in [0, 0.1) is 0 Å². The summed E-state index contributed by atoms with van der Waals surface area (Å²) in [5.74, 6) is -4.39. The smallest absolute Gasteiger partial charge is 0.414 e. The van der Waals surface area contributed by atoms with Gasteiger partial charge in [-0.1, -0.05) is 23.2 Å². The Morgan fingerprint density at radius 2 is 1.50 bits per heavy atom. The zero-order chi connectivity index (χ0) is 18.7. The highest BCUT2D eigenvalue weighted by Crippen LogP contribution is 2.22. The number of rotatable bonds is 5. The fraction of sp³-hybridized carbons (Fsp3) is 0.231. The van der Waals surface area contributed by atoms with Crippen molar-refractivity contribution >= 4 is 52.7 Å². The van der Waals surface area contributed by atoms with Gasteiger partial charge in [0, 0.05) is 15.7 Å². The molecule has 11 heteroatoms. The molecule has 1 aromatic rings. The van der Waals surface area contributed by atoms with Crippen molar-refractivity contribution in [1.82, 2.24) is 5.32 Å². The molecule has 1 rings (SSSR count). The summed E-state index contributed by atoms with van der Waals surface area (Å²) in [7, 11) is 1.28. The van der Waals surface area contributed by atoms with Gasteiger partial charge in [0.1, 0.15) is 0 Å². The summed E-state index contributed by atoms with van der Waals surface area (Å²) in [4.78, 5) is 40.5. The van der Waals surface area contributed by atoms with Crippen molar-refractivity contribution in [3.05, 3.63) is 28.2 Å². The van der Waals surface area contributed by atoms with Crippen molar-refractivity contribution < 1.29 is 34.1 Å². The van der Waals surface area contributed by atoms with E-state index in [9.17, 15) is 9.59 Å². The number of amides is 1. The van der Waals surface area contributed by atoms with E-state index < -0.39 is 17.9 Å². The lowest BCUT2D eigenvalue weighted by Crippen LogP contribution is -2.32. The standard InChI is InChI=1S/C11H12Cl2N2O3.C2H2O4/c1-18-11(17)6-14-5-10(16)15-9-3-7(12)2-8(13)4-9;3-1(4)2(5)6/h2-4,14H,5-6H2,1H3,(H,15,16);(H,3,4)(H,5,6). The summed E-state index contributed by atoms with van der Waals surface area (Å²) in [6.45, 7) is -0.0422. The molecule has 1 aromatic carbocycles. The molecule has 0 unspecified atom stereocenters. The molecular weight excluding hydrogens is 367 g/mol. The van der Waals surface area contributed by atoms with Gasteiger partial charge in [-0.2, -0.15) is 0 Å². The zero-order valence-electron chi connectivity index (χ0n) is 12.3. The first kappa shape index (κ1) is 21.6. The van der Waals surface area contributed by atoms with E-state index in [1.54, 1.807) is 18.2 Å². The maximum atomic E-state index is 11.5. The van der Waals surface area contributed by atoms with E-state index in [0.29, 0.717) is 15.7 Å². The number of hydrogen-bond donors (Lipinski definition) is 4. The number of nitrogens with one attached hydrogen (secondary N) is 2. The highest BCUT2D eigenvalue weighted by molar-refractivity contribution is 6.35. The van der Waals surface area contributed by atoms with Gasteiger partial charge in [0.15, 0.2) is 0 Å². The number of carboxylic acids is 2. The number of hydrogen-bond acceptors (Lipinski definition) is 6. The van der Waals surface area contributed by atoms with Gasteiger partial charge in [0.05, 0.1) is 20.2 Å². The number of carbonyl (C=O) groups is 4. The van der Waals surface area contributed by atoms with Crippen LogP contribution in [0.4, 0.5) is 5.69 Å². The van der Waals surface area contributed by atoms with Crippen LogP contribution in [0.3, 0.4) is 0 Å². The van der Waals surface area contributed by atoms with E-state index in [1.807, 2.05) is 0 Å². The van der Waals surface area contributed by atoms with E-state index in [-0.39, 0.29) is 19.0 Å². The van der Waals surface area contributed by atoms with Gasteiger partial charge in [-0.25, -0.2) is 9.59 Å². The molecule has 0 aliphatic heterocycles. The van der Waals surface area contributed by atoms with E-state index in [2.05, 4.69) is 15.4 Å². The Hall–Kier alpha value is -2.36. The average Bonchev–Trinajstić information content (AvgIpc) is 2.46. The maximum absolute atomic E-state index is 11.5. The Morgan fingerprint density at radius 3 is 1.92 bits per heavy atom. The lowest BCUT2D eigenvalue weighted by atomic mass is 10.3. The summed E-state index contributed by atoms with van der Waals surface area (Å²) in [6, 6.07) is 4.71. The molecule has 0 heterocycles. The minimum atomic E-state index is -1.82. The summed E-state index contributed by atoms with van der Waals surface area (Å²) in [5, 5.41) is 20.9. The second-order valence-electron chi connectivity index (χ2n) is 4.00. The van der Waals surface area contributed by atoms with Crippen LogP contribution in [-0.4, -0.2) is 54.2 Å². The van der Waals surface area contributed by atoms with Crippen molar-refractivity contribution in [3.8, 4) is 0 Å². The van der Waals surface area contributed by atoms with Crippen molar-refractivity contribution in [3.63, 3.8) is 0 Å². The van der Waals surface area contributed by atoms with Gasteiger partial charge < -0.3 is 20.3 Å². The highest BCUT2D eigenvalue weighted by atomic mass is 35.5. The average molecular weight is 381 g/mol. The van der Waals surface area contributed by atoms with Gasteiger partial charge in [-0.3, -0.25) is 14.9 Å². The van der Waals surface area contributed by atoms with Crippen LogP contribution >= 0.6 is 23.2 Å². The Balaban J connectivity index is 0.000000754. The number of halogens is 2. The van der Waals surface area contributed by atoms with Crippen molar-refractivity contribution in [1.29, 1.82) is 0 Å². The Morgan fingerprint density at radius 1 is 1.00 bits per heavy atom. The van der Waals surface area contributed by atoms with Gasteiger partial charge in [0.25, 0.3) is 0 Å². The number of anilines is 1. The topological polar surface area (TPSA) is 142 Å². The summed E-state index contributed by atoms with van der Waals surface area (Å²) < 4.78 is 4.41. The number of aliphatic carboxylic acids is 2. The highest BCUT2D eigenvalue weighted by Gasteiger charge is 2.06. The quantitative estimate of drug-likeness (QED) is 0.434. The Labute approximate surface area is 146 Å². The van der Waals surface area contributed by atoms with Crippen LogP contribution in [0.15, 0.2) is 18.2 Å². The van der Waals surface area contributed by atoms with Gasteiger partial charge in [-0.15, -0.1) is 0 Å². The second-order valence-corrected chi connectivity index (χ2v) is 4.87. The van der Waals surface area contributed by atoms with Crippen LogP contribution < -0.4 is 10.6 Å². The molecule has 4 N–H and O–H groups in total. The second kappa shape index (κ2) is 11.2. The predicted molar refractivity (Wildman–Crippen MR) is 85.2 cm³/mol. The largest absolute Gasteiger partial charge is 0.473 e. The number of carbonyl (C=O) groups excluding carboxylic acids is 2. The fourth-order valence-corrected chi connectivity index (χ4v) is 1.71. The molecule has 0 saturated carbocycles. The van der Waals surface area contributed by atoms with Crippen LogP contribution in [0.1, 0.15) is 0 Å². The first-order valence-corrected chi connectivity index (χ1v) is 6.91. The molecule has 0 fully saturated rings. The van der Waals surface area contributed by atoms with Crippen LogP contribution in [0.25, 0.3) is 0 Å². The Bertz CT molecular complexity index is 590. The minimum Gasteiger partial charge on any atom is -0.473 e. The molecule has 9 nitrogen and oxygen atoms in total. The fourth-order valence-electron chi connectivity index (χ4n) is 1.18. The summed E-state index contributed by atoms with van der Waals surface area (Å²) in [5.41, 5.74) is 0.498.